The summed E-state index contributed by atoms with van der Waals surface area (Å²) in [4.78, 5) is 4.32. The second-order valence-electron chi connectivity index (χ2n) is 4.18. The molecule has 3 N–H and O–H groups in total. The van der Waals surface area contributed by atoms with Crippen molar-refractivity contribution >= 4 is 22.7 Å². The number of thiazole rings is 1. The van der Waals surface area contributed by atoms with Crippen LogP contribution in [0.5, 0.6) is 0 Å². The van der Waals surface area contributed by atoms with E-state index in [1.165, 1.54) is 6.07 Å². The summed E-state index contributed by atoms with van der Waals surface area (Å²) in [6, 6.07) is 4.50. The fourth-order valence-electron chi connectivity index (χ4n) is 1.77. The normalized spacial score (nSPS) is 10.9. The Hall–Kier alpha value is -1.69. The number of alkyl halides is 2. The first kappa shape index (κ1) is 13.7. The largest absolute Gasteiger partial charge is 0.399 e. The molecule has 6 heteroatoms. The van der Waals surface area contributed by atoms with E-state index in [2.05, 4.69) is 10.3 Å². The lowest BCUT2D eigenvalue weighted by molar-refractivity contribution is 0.152. The molecule has 1 aromatic heterocycles. The minimum absolute atomic E-state index is 0.0607. The number of rotatable bonds is 5. The predicted octanol–water partition coefficient (Wildman–Crippen LogP) is 3.63. The Morgan fingerprint density at radius 3 is 2.84 bits per heavy atom. The van der Waals surface area contributed by atoms with E-state index in [9.17, 15) is 8.78 Å². The number of benzene rings is 1. The van der Waals surface area contributed by atoms with Crippen LogP contribution in [0.15, 0.2) is 23.6 Å². The fraction of sp³-hybridized carbons (Fsp3) is 0.308. The predicted molar refractivity (Wildman–Crippen MR) is 74.9 cm³/mol. The van der Waals surface area contributed by atoms with E-state index < -0.39 is 6.43 Å². The van der Waals surface area contributed by atoms with E-state index in [0.29, 0.717) is 24.3 Å². The minimum atomic E-state index is -2.53. The number of nitrogens with one attached hydrogen (secondary N) is 1. The van der Waals surface area contributed by atoms with Gasteiger partial charge in [0.1, 0.15) is 0 Å². The van der Waals surface area contributed by atoms with Crippen molar-refractivity contribution in [3.63, 3.8) is 0 Å². The standard InChI is InChI=1S/C13H15F2N3S/c1-8-18-10(7-19-8)4-5-17-12-3-2-9(16)6-11(12)13(14)15/h2-3,6-7,13,17H,4-5,16H2,1H3. The lowest BCUT2D eigenvalue weighted by Gasteiger charge is -2.11. The van der Waals surface area contributed by atoms with Crippen molar-refractivity contribution in [2.45, 2.75) is 19.8 Å². The number of aryl methyl sites for hydroxylation is 1. The van der Waals surface area contributed by atoms with Gasteiger partial charge in [0.2, 0.25) is 0 Å². The van der Waals surface area contributed by atoms with Crippen molar-refractivity contribution < 1.29 is 8.78 Å². The van der Waals surface area contributed by atoms with E-state index in [0.717, 1.165) is 10.7 Å². The van der Waals surface area contributed by atoms with E-state index in [1.807, 2.05) is 12.3 Å². The molecule has 0 aliphatic heterocycles. The van der Waals surface area contributed by atoms with Crippen LogP contribution in [0.1, 0.15) is 22.7 Å². The average molecular weight is 283 g/mol. The number of aromatic nitrogens is 1. The van der Waals surface area contributed by atoms with Crippen LogP contribution in [-0.4, -0.2) is 11.5 Å². The number of anilines is 2. The smallest absolute Gasteiger partial charge is 0.265 e. The third kappa shape index (κ3) is 3.64. The van der Waals surface area contributed by atoms with Gasteiger partial charge in [0.15, 0.2) is 0 Å². The molecular weight excluding hydrogens is 268 g/mol. The Bertz CT molecular complexity index is 555. The molecule has 0 unspecified atom stereocenters. The van der Waals surface area contributed by atoms with Gasteiger partial charge in [-0.05, 0) is 25.1 Å². The second kappa shape index (κ2) is 5.97. The topological polar surface area (TPSA) is 50.9 Å². The molecule has 102 valence electrons. The summed E-state index contributed by atoms with van der Waals surface area (Å²) in [7, 11) is 0. The van der Waals surface area contributed by atoms with Crippen LogP contribution in [0, 0.1) is 6.92 Å². The molecule has 0 spiro atoms. The van der Waals surface area contributed by atoms with Crippen molar-refractivity contribution in [3.8, 4) is 0 Å². The molecule has 0 saturated carbocycles. The summed E-state index contributed by atoms with van der Waals surface area (Å²) in [5.74, 6) is 0. The highest BCUT2D eigenvalue weighted by atomic mass is 32.1. The van der Waals surface area contributed by atoms with Gasteiger partial charge in [-0.15, -0.1) is 11.3 Å². The number of nitrogens with zero attached hydrogens (tertiary/aromatic N) is 1. The number of hydrogen-bond acceptors (Lipinski definition) is 4. The molecule has 0 radical (unpaired) electrons. The van der Waals surface area contributed by atoms with Gasteiger partial charge in [0, 0.05) is 35.3 Å². The minimum Gasteiger partial charge on any atom is -0.399 e. The Balaban J connectivity index is 1.99. The monoisotopic (exact) mass is 283 g/mol. The SMILES string of the molecule is Cc1nc(CCNc2ccc(N)cc2C(F)F)cs1. The van der Waals surface area contributed by atoms with E-state index in [-0.39, 0.29) is 5.56 Å². The zero-order chi connectivity index (χ0) is 13.8. The summed E-state index contributed by atoms with van der Waals surface area (Å²) in [5.41, 5.74) is 7.20. The molecular formula is C13H15F2N3S. The van der Waals surface area contributed by atoms with Gasteiger partial charge in [-0.3, -0.25) is 0 Å². The second-order valence-corrected chi connectivity index (χ2v) is 5.24. The lowest BCUT2D eigenvalue weighted by Crippen LogP contribution is -2.08. The first-order valence-corrected chi connectivity index (χ1v) is 6.76. The Morgan fingerprint density at radius 1 is 1.42 bits per heavy atom. The molecule has 0 bridgehead atoms. The van der Waals surface area contributed by atoms with Gasteiger partial charge in [-0.25, -0.2) is 13.8 Å². The van der Waals surface area contributed by atoms with E-state index in [4.69, 9.17) is 5.73 Å². The van der Waals surface area contributed by atoms with E-state index >= 15 is 0 Å². The summed E-state index contributed by atoms with van der Waals surface area (Å²) in [5, 5.41) is 6.00. The highest BCUT2D eigenvalue weighted by Crippen LogP contribution is 2.28. The number of halogens is 2. The maximum absolute atomic E-state index is 12.9. The summed E-state index contributed by atoms with van der Waals surface area (Å²) >= 11 is 1.59. The van der Waals surface area contributed by atoms with Crippen LogP contribution in [0.25, 0.3) is 0 Å². The Kier molecular flexibility index (Phi) is 4.31. The lowest BCUT2D eigenvalue weighted by atomic mass is 10.1. The van der Waals surface area contributed by atoms with Crippen LogP contribution in [0.2, 0.25) is 0 Å². The molecule has 1 aromatic carbocycles. The summed E-state index contributed by atoms with van der Waals surface area (Å²) in [6.45, 7) is 2.50. The van der Waals surface area contributed by atoms with Crippen LogP contribution in [-0.2, 0) is 6.42 Å². The van der Waals surface area contributed by atoms with Crippen molar-refractivity contribution in [2.75, 3.05) is 17.6 Å². The van der Waals surface area contributed by atoms with Gasteiger partial charge in [0.25, 0.3) is 6.43 Å². The molecule has 0 fully saturated rings. The van der Waals surface area contributed by atoms with Crippen LogP contribution < -0.4 is 11.1 Å². The van der Waals surface area contributed by atoms with Crippen molar-refractivity contribution in [3.05, 3.63) is 39.8 Å². The first-order chi connectivity index (χ1) is 9.06. The third-order valence-corrected chi connectivity index (χ3v) is 3.50. The summed E-state index contributed by atoms with van der Waals surface area (Å²) < 4.78 is 25.7. The van der Waals surface area contributed by atoms with Crippen molar-refractivity contribution in [1.29, 1.82) is 0 Å². The summed E-state index contributed by atoms with van der Waals surface area (Å²) in [6.07, 6.45) is -1.83. The highest BCUT2D eigenvalue weighted by molar-refractivity contribution is 7.09. The quantitative estimate of drug-likeness (QED) is 0.824. The van der Waals surface area contributed by atoms with Gasteiger partial charge in [-0.1, -0.05) is 0 Å². The van der Waals surface area contributed by atoms with Gasteiger partial charge in [0.05, 0.1) is 10.7 Å². The zero-order valence-electron chi connectivity index (χ0n) is 10.5. The van der Waals surface area contributed by atoms with Gasteiger partial charge < -0.3 is 11.1 Å². The van der Waals surface area contributed by atoms with Crippen molar-refractivity contribution in [1.82, 2.24) is 4.98 Å². The molecule has 0 aliphatic rings. The first-order valence-electron chi connectivity index (χ1n) is 5.88. The third-order valence-electron chi connectivity index (χ3n) is 2.67. The maximum Gasteiger partial charge on any atom is 0.265 e. The molecule has 3 nitrogen and oxygen atoms in total. The Labute approximate surface area is 114 Å². The number of nitrogen functional groups attached to an aromatic ring is 1. The molecule has 0 amide bonds. The maximum atomic E-state index is 12.9. The molecule has 2 rings (SSSR count). The zero-order valence-corrected chi connectivity index (χ0v) is 11.3. The molecule has 0 atom stereocenters. The number of nitrogens with two attached hydrogens (primary N) is 1. The highest BCUT2D eigenvalue weighted by Gasteiger charge is 2.13. The van der Waals surface area contributed by atoms with Crippen LogP contribution >= 0.6 is 11.3 Å². The molecule has 2 aromatic rings. The van der Waals surface area contributed by atoms with E-state index in [1.54, 1.807) is 23.5 Å². The van der Waals surface area contributed by atoms with Gasteiger partial charge in [-0.2, -0.15) is 0 Å². The van der Waals surface area contributed by atoms with Crippen LogP contribution in [0.4, 0.5) is 20.2 Å². The molecule has 1 heterocycles. The molecule has 19 heavy (non-hydrogen) atoms. The van der Waals surface area contributed by atoms with Gasteiger partial charge >= 0.3 is 0 Å². The van der Waals surface area contributed by atoms with Crippen LogP contribution in [0.3, 0.4) is 0 Å². The molecule has 0 aliphatic carbocycles. The molecule has 0 saturated heterocycles. The van der Waals surface area contributed by atoms with Crippen molar-refractivity contribution in [2.24, 2.45) is 0 Å². The number of hydrogen-bond donors (Lipinski definition) is 2. The average Bonchev–Trinajstić information content (AvgIpc) is 2.77. The fourth-order valence-corrected chi connectivity index (χ4v) is 2.42. The Morgan fingerprint density at radius 2 is 2.21 bits per heavy atom.